The Bertz CT molecular complexity index is 499. The van der Waals surface area contributed by atoms with Crippen molar-refractivity contribution in [1.82, 2.24) is 15.8 Å². The second-order valence-electron chi connectivity index (χ2n) is 7.36. The lowest BCUT2D eigenvalue weighted by Crippen LogP contribution is -2.54. The number of carbonyl (C=O) groups excluding carboxylic acids is 1. The van der Waals surface area contributed by atoms with E-state index in [0.29, 0.717) is 5.92 Å². The fourth-order valence-electron chi connectivity index (χ4n) is 2.89. The Morgan fingerprint density at radius 2 is 2.00 bits per heavy atom. The van der Waals surface area contributed by atoms with Crippen LogP contribution >= 0.6 is 0 Å². The topological polar surface area (TPSA) is 53.6 Å². The lowest BCUT2D eigenvalue weighted by Gasteiger charge is -2.37. The fraction of sp³-hybridized carbons (Fsp3) is 0.611. The van der Waals surface area contributed by atoms with Gasteiger partial charge in [0.1, 0.15) is 5.60 Å². The number of likely N-dealkylation sites (tertiary alicyclic amines) is 1. The van der Waals surface area contributed by atoms with E-state index in [-0.39, 0.29) is 6.04 Å². The maximum atomic E-state index is 11.7. The van der Waals surface area contributed by atoms with E-state index in [1.165, 1.54) is 5.56 Å². The van der Waals surface area contributed by atoms with Crippen LogP contribution in [0.25, 0.3) is 0 Å². The third-order valence-corrected chi connectivity index (χ3v) is 4.00. The average molecular weight is 319 g/mol. The van der Waals surface area contributed by atoms with Crippen molar-refractivity contribution in [3.05, 3.63) is 35.9 Å². The van der Waals surface area contributed by atoms with Gasteiger partial charge in [-0.05, 0) is 38.7 Å². The van der Waals surface area contributed by atoms with Crippen molar-refractivity contribution >= 4 is 6.09 Å². The van der Waals surface area contributed by atoms with E-state index >= 15 is 0 Å². The number of ether oxygens (including phenoxy) is 1. The Labute approximate surface area is 139 Å². The van der Waals surface area contributed by atoms with E-state index in [2.05, 4.69) is 46.9 Å². The van der Waals surface area contributed by atoms with Gasteiger partial charge in [0, 0.05) is 25.7 Å². The van der Waals surface area contributed by atoms with E-state index in [0.717, 1.165) is 26.1 Å². The summed E-state index contributed by atoms with van der Waals surface area (Å²) in [5.41, 5.74) is 6.67. The molecule has 0 aliphatic carbocycles. The molecule has 1 aromatic rings. The normalized spacial score (nSPS) is 22.6. The van der Waals surface area contributed by atoms with Gasteiger partial charge >= 0.3 is 6.09 Å². The third-order valence-electron chi connectivity index (χ3n) is 4.00. The molecule has 1 aromatic carbocycles. The highest BCUT2D eigenvalue weighted by Crippen LogP contribution is 2.18. The minimum Gasteiger partial charge on any atom is -0.443 e. The largest absolute Gasteiger partial charge is 0.443 e. The first-order valence-corrected chi connectivity index (χ1v) is 8.34. The molecule has 5 nitrogen and oxygen atoms in total. The van der Waals surface area contributed by atoms with Crippen LogP contribution in [0.2, 0.25) is 0 Å². The second kappa shape index (κ2) is 7.79. The first-order valence-electron chi connectivity index (χ1n) is 8.34. The molecule has 2 rings (SSSR count). The standard InChI is InChI=1S/C18H29N3O2/c1-14-12-21(13-15-8-6-5-7-9-15)11-10-16(14)19-20-17(22)23-18(2,3)4/h5-9,14,16,19H,10-13H2,1-4H3,(H,20,22). The van der Waals surface area contributed by atoms with Crippen LogP contribution < -0.4 is 10.9 Å². The van der Waals surface area contributed by atoms with Crippen molar-refractivity contribution in [2.24, 2.45) is 5.92 Å². The van der Waals surface area contributed by atoms with Gasteiger partial charge in [-0.25, -0.2) is 10.2 Å². The van der Waals surface area contributed by atoms with Gasteiger partial charge in [-0.2, -0.15) is 0 Å². The summed E-state index contributed by atoms with van der Waals surface area (Å²) >= 11 is 0. The minimum atomic E-state index is -0.476. The van der Waals surface area contributed by atoms with Gasteiger partial charge in [-0.3, -0.25) is 10.3 Å². The highest BCUT2D eigenvalue weighted by atomic mass is 16.6. The summed E-state index contributed by atoms with van der Waals surface area (Å²) in [7, 11) is 0. The number of hydrogen-bond donors (Lipinski definition) is 2. The number of nitrogens with zero attached hydrogens (tertiary/aromatic N) is 1. The molecular weight excluding hydrogens is 290 g/mol. The van der Waals surface area contributed by atoms with Gasteiger partial charge in [-0.15, -0.1) is 0 Å². The molecule has 2 unspecified atom stereocenters. The van der Waals surface area contributed by atoms with Crippen molar-refractivity contribution in [3.8, 4) is 0 Å². The summed E-state index contributed by atoms with van der Waals surface area (Å²) in [5, 5.41) is 0. The Morgan fingerprint density at radius 1 is 1.30 bits per heavy atom. The Hall–Kier alpha value is -1.59. The van der Waals surface area contributed by atoms with Crippen LogP contribution in [0.5, 0.6) is 0 Å². The van der Waals surface area contributed by atoms with E-state index in [9.17, 15) is 4.79 Å². The smallest absolute Gasteiger partial charge is 0.422 e. The van der Waals surface area contributed by atoms with Crippen LogP contribution in [-0.4, -0.2) is 35.7 Å². The summed E-state index contributed by atoms with van der Waals surface area (Å²) in [6.45, 7) is 10.8. The zero-order chi connectivity index (χ0) is 16.9. The Morgan fingerprint density at radius 3 is 2.61 bits per heavy atom. The molecule has 128 valence electrons. The lowest BCUT2D eigenvalue weighted by atomic mass is 9.94. The van der Waals surface area contributed by atoms with E-state index < -0.39 is 11.7 Å². The van der Waals surface area contributed by atoms with Crippen LogP contribution in [0.15, 0.2) is 30.3 Å². The highest BCUT2D eigenvalue weighted by Gasteiger charge is 2.26. The van der Waals surface area contributed by atoms with E-state index in [1.807, 2.05) is 26.8 Å². The molecule has 0 aromatic heterocycles. The maximum Gasteiger partial charge on any atom is 0.422 e. The summed E-state index contributed by atoms with van der Waals surface area (Å²) < 4.78 is 5.24. The van der Waals surface area contributed by atoms with E-state index in [1.54, 1.807) is 0 Å². The highest BCUT2D eigenvalue weighted by molar-refractivity contribution is 5.67. The van der Waals surface area contributed by atoms with Crippen molar-refractivity contribution in [2.75, 3.05) is 13.1 Å². The molecule has 1 saturated heterocycles. The summed E-state index contributed by atoms with van der Waals surface area (Å²) in [5.74, 6) is 0.461. The molecule has 23 heavy (non-hydrogen) atoms. The number of amides is 1. The number of nitrogens with one attached hydrogen (secondary N) is 2. The number of piperidine rings is 1. The molecule has 1 aliphatic rings. The monoisotopic (exact) mass is 319 g/mol. The average Bonchev–Trinajstić information content (AvgIpc) is 2.45. The molecule has 2 atom stereocenters. The van der Waals surface area contributed by atoms with Crippen molar-refractivity contribution in [3.63, 3.8) is 0 Å². The molecule has 0 saturated carbocycles. The summed E-state index contributed by atoms with van der Waals surface area (Å²) in [6, 6.07) is 10.8. The number of benzene rings is 1. The molecule has 0 spiro atoms. The number of hydrazine groups is 1. The Balaban J connectivity index is 1.75. The van der Waals surface area contributed by atoms with Crippen LogP contribution in [0.1, 0.15) is 39.7 Å². The minimum absolute atomic E-state index is 0.273. The SMILES string of the molecule is CC1CN(Cc2ccccc2)CCC1NNC(=O)OC(C)(C)C. The van der Waals surface area contributed by atoms with Crippen LogP contribution in [0.4, 0.5) is 4.79 Å². The van der Waals surface area contributed by atoms with Crippen molar-refractivity contribution in [1.29, 1.82) is 0 Å². The third kappa shape index (κ3) is 6.20. The molecule has 1 aliphatic heterocycles. The quantitative estimate of drug-likeness (QED) is 0.838. The van der Waals surface area contributed by atoms with Gasteiger partial charge in [0.15, 0.2) is 0 Å². The zero-order valence-electron chi connectivity index (χ0n) is 14.6. The second-order valence-corrected chi connectivity index (χ2v) is 7.36. The number of rotatable bonds is 4. The molecule has 2 N–H and O–H groups in total. The molecule has 0 bridgehead atoms. The van der Waals surface area contributed by atoms with E-state index in [4.69, 9.17) is 4.74 Å². The molecular formula is C18H29N3O2. The number of hydrogen-bond acceptors (Lipinski definition) is 4. The van der Waals surface area contributed by atoms with Crippen molar-refractivity contribution in [2.45, 2.75) is 52.3 Å². The first-order chi connectivity index (χ1) is 10.8. The summed E-state index contributed by atoms with van der Waals surface area (Å²) in [4.78, 5) is 14.2. The van der Waals surface area contributed by atoms with Gasteiger partial charge in [0.25, 0.3) is 0 Å². The van der Waals surface area contributed by atoms with Crippen LogP contribution in [0.3, 0.4) is 0 Å². The Kier molecular flexibility index (Phi) is 6.02. The predicted octanol–water partition coefficient (Wildman–Crippen LogP) is 2.93. The van der Waals surface area contributed by atoms with Gasteiger partial charge in [-0.1, -0.05) is 37.3 Å². The summed E-state index contributed by atoms with van der Waals surface area (Å²) in [6.07, 6.45) is 0.584. The predicted molar refractivity (Wildman–Crippen MR) is 91.8 cm³/mol. The first kappa shape index (κ1) is 17.8. The lowest BCUT2D eigenvalue weighted by molar-refractivity contribution is 0.0456. The van der Waals surface area contributed by atoms with Crippen LogP contribution in [-0.2, 0) is 11.3 Å². The molecule has 5 heteroatoms. The molecule has 1 amide bonds. The molecule has 1 heterocycles. The number of carbonyl (C=O) groups is 1. The van der Waals surface area contributed by atoms with Gasteiger partial charge in [0.2, 0.25) is 0 Å². The zero-order valence-corrected chi connectivity index (χ0v) is 14.6. The molecule has 0 radical (unpaired) electrons. The van der Waals surface area contributed by atoms with Gasteiger partial charge < -0.3 is 4.74 Å². The van der Waals surface area contributed by atoms with Crippen LogP contribution in [0, 0.1) is 5.92 Å². The fourth-order valence-corrected chi connectivity index (χ4v) is 2.89. The molecule has 1 fully saturated rings. The van der Waals surface area contributed by atoms with Crippen molar-refractivity contribution < 1.29 is 9.53 Å². The maximum absolute atomic E-state index is 11.7. The van der Waals surface area contributed by atoms with Gasteiger partial charge in [0.05, 0.1) is 0 Å².